The summed E-state index contributed by atoms with van der Waals surface area (Å²) in [6.07, 6.45) is 2.94. The second-order valence-corrected chi connectivity index (χ2v) is 4.84. The van der Waals surface area contributed by atoms with Gasteiger partial charge in [-0.2, -0.15) is 0 Å². The number of carbonyl (C=O) groups is 2. The largest absolute Gasteiger partial charge is 0.463 e. The summed E-state index contributed by atoms with van der Waals surface area (Å²) in [5.74, 6) is -0.811. The molecule has 0 saturated carbocycles. The smallest absolute Gasteiger partial charge is 0.374 e. The first-order valence-corrected chi connectivity index (χ1v) is 6.46. The Morgan fingerprint density at radius 1 is 1.38 bits per heavy atom. The van der Waals surface area contributed by atoms with Crippen LogP contribution in [0.25, 0.3) is 11.6 Å². The van der Waals surface area contributed by atoms with E-state index in [2.05, 4.69) is 10.1 Å². The third-order valence-corrected chi connectivity index (χ3v) is 3.37. The van der Waals surface area contributed by atoms with Crippen LogP contribution in [-0.4, -0.2) is 19.0 Å². The summed E-state index contributed by atoms with van der Waals surface area (Å²) in [5.41, 5.74) is 2.25. The normalized spacial score (nSPS) is 15.0. The molecule has 1 aromatic carbocycles. The van der Waals surface area contributed by atoms with Gasteiger partial charge in [-0.3, -0.25) is 4.79 Å². The monoisotopic (exact) mass is 303 g/mol. The van der Waals surface area contributed by atoms with Gasteiger partial charge in [-0.25, -0.2) is 4.79 Å². The molecular weight excluding hydrogens is 294 g/mol. The number of nitrogens with one attached hydrogen (secondary N) is 1. The summed E-state index contributed by atoms with van der Waals surface area (Å²) in [4.78, 5) is 23.6. The Morgan fingerprint density at radius 2 is 2.19 bits per heavy atom. The van der Waals surface area contributed by atoms with Crippen LogP contribution in [0.3, 0.4) is 0 Å². The number of carbonyl (C=O) groups excluding carboxylic acids is 2. The lowest BCUT2D eigenvalue weighted by Gasteiger charge is -2.00. The number of ether oxygens (including phenoxy) is 1. The zero-order chi connectivity index (χ0) is 15.0. The summed E-state index contributed by atoms with van der Waals surface area (Å²) in [5, 5.41) is 3.26. The van der Waals surface area contributed by atoms with Crippen molar-refractivity contribution in [1.29, 1.82) is 0 Å². The fourth-order valence-corrected chi connectivity index (χ4v) is 2.32. The van der Waals surface area contributed by atoms with Crippen molar-refractivity contribution in [3.63, 3.8) is 0 Å². The molecule has 0 fully saturated rings. The van der Waals surface area contributed by atoms with Crippen LogP contribution in [0.4, 0.5) is 5.69 Å². The number of methoxy groups -OCH3 is 1. The first-order chi connectivity index (χ1) is 10.1. The predicted octanol–water partition coefficient (Wildman–Crippen LogP) is 3.21. The van der Waals surface area contributed by atoms with Crippen molar-refractivity contribution in [2.24, 2.45) is 0 Å². The van der Waals surface area contributed by atoms with Crippen LogP contribution in [0, 0.1) is 0 Å². The zero-order valence-electron chi connectivity index (χ0n) is 11.0. The first kappa shape index (κ1) is 13.5. The van der Waals surface area contributed by atoms with Crippen LogP contribution in [0.15, 0.2) is 34.9 Å². The molecule has 0 atom stereocenters. The number of amides is 1. The van der Waals surface area contributed by atoms with Crippen LogP contribution in [-0.2, 0) is 9.53 Å². The molecule has 1 N–H and O–H groups in total. The van der Waals surface area contributed by atoms with Crippen molar-refractivity contribution in [1.82, 2.24) is 0 Å². The standard InChI is InChI=1S/C15H10ClNO4/c1-20-15(19)13-8(4-5-21-13)6-11-10-7-9(16)2-3-12(10)17-14(11)18/h2-7H,1H3,(H,17,18). The number of benzene rings is 1. The minimum absolute atomic E-state index is 0.0493. The number of hydrogen-bond donors (Lipinski definition) is 1. The molecule has 1 aliphatic heterocycles. The van der Waals surface area contributed by atoms with Crippen LogP contribution in [0.2, 0.25) is 5.02 Å². The van der Waals surface area contributed by atoms with Gasteiger partial charge in [0.2, 0.25) is 5.76 Å². The highest BCUT2D eigenvalue weighted by Gasteiger charge is 2.25. The van der Waals surface area contributed by atoms with E-state index in [1.54, 1.807) is 30.3 Å². The minimum Gasteiger partial charge on any atom is -0.463 e. The Labute approximate surface area is 125 Å². The molecule has 0 spiro atoms. The number of furan rings is 1. The van der Waals surface area contributed by atoms with Gasteiger partial charge in [0.25, 0.3) is 5.91 Å². The molecule has 6 heteroatoms. The molecule has 21 heavy (non-hydrogen) atoms. The molecule has 1 aliphatic rings. The first-order valence-electron chi connectivity index (χ1n) is 6.09. The molecule has 1 aromatic heterocycles. The van der Waals surface area contributed by atoms with Gasteiger partial charge in [0.15, 0.2) is 0 Å². The van der Waals surface area contributed by atoms with Crippen molar-refractivity contribution in [3.8, 4) is 0 Å². The summed E-state index contributed by atoms with van der Waals surface area (Å²) in [6, 6.07) is 6.71. The summed E-state index contributed by atoms with van der Waals surface area (Å²) < 4.78 is 9.73. The molecule has 3 rings (SSSR count). The molecule has 0 unspecified atom stereocenters. The van der Waals surface area contributed by atoms with Crippen molar-refractivity contribution in [2.45, 2.75) is 0 Å². The van der Waals surface area contributed by atoms with E-state index in [0.717, 1.165) is 0 Å². The third-order valence-electron chi connectivity index (χ3n) is 3.13. The topological polar surface area (TPSA) is 68.5 Å². The molecule has 0 bridgehead atoms. The average molecular weight is 304 g/mol. The van der Waals surface area contributed by atoms with E-state index in [1.807, 2.05) is 0 Å². The van der Waals surface area contributed by atoms with Crippen LogP contribution < -0.4 is 5.32 Å². The summed E-state index contributed by atoms with van der Waals surface area (Å²) in [6.45, 7) is 0. The van der Waals surface area contributed by atoms with Crippen molar-refractivity contribution >= 4 is 40.8 Å². The maximum Gasteiger partial charge on any atom is 0.374 e. The molecule has 2 heterocycles. The number of anilines is 1. The fraction of sp³-hybridized carbons (Fsp3) is 0.0667. The van der Waals surface area contributed by atoms with E-state index in [9.17, 15) is 9.59 Å². The van der Waals surface area contributed by atoms with Gasteiger partial charge in [0, 0.05) is 27.4 Å². The van der Waals surface area contributed by atoms with Gasteiger partial charge >= 0.3 is 5.97 Å². The van der Waals surface area contributed by atoms with Gasteiger partial charge in [0.05, 0.1) is 13.4 Å². The second kappa shape index (κ2) is 5.10. The quantitative estimate of drug-likeness (QED) is 0.683. The van der Waals surface area contributed by atoms with Gasteiger partial charge in [-0.1, -0.05) is 11.6 Å². The lowest BCUT2D eigenvalue weighted by atomic mass is 10.0. The van der Waals surface area contributed by atoms with Gasteiger partial charge in [-0.15, -0.1) is 0 Å². The lowest BCUT2D eigenvalue weighted by Crippen LogP contribution is -2.04. The average Bonchev–Trinajstić information content (AvgIpc) is 3.04. The maximum absolute atomic E-state index is 12.1. The number of esters is 1. The van der Waals surface area contributed by atoms with Crippen molar-refractivity contribution < 1.29 is 18.7 Å². The fourth-order valence-electron chi connectivity index (χ4n) is 2.15. The van der Waals surface area contributed by atoms with Crippen LogP contribution in [0.1, 0.15) is 21.7 Å². The Bertz CT molecular complexity index is 776. The van der Waals surface area contributed by atoms with E-state index >= 15 is 0 Å². The van der Waals surface area contributed by atoms with E-state index < -0.39 is 5.97 Å². The Hall–Kier alpha value is -2.53. The highest BCUT2D eigenvalue weighted by atomic mass is 35.5. The van der Waals surface area contributed by atoms with Gasteiger partial charge < -0.3 is 14.5 Å². The molecule has 0 aliphatic carbocycles. The zero-order valence-corrected chi connectivity index (χ0v) is 11.7. The maximum atomic E-state index is 12.1. The SMILES string of the molecule is COC(=O)c1occc1C=C1C(=O)Nc2ccc(Cl)cc21. The molecule has 2 aromatic rings. The van der Waals surface area contributed by atoms with E-state index in [4.69, 9.17) is 16.0 Å². The Balaban J connectivity index is 2.09. The highest BCUT2D eigenvalue weighted by molar-refractivity contribution is 6.36. The Kier molecular flexibility index (Phi) is 3.27. The molecule has 5 nitrogen and oxygen atoms in total. The lowest BCUT2D eigenvalue weighted by molar-refractivity contribution is -0.110. The van der Waals surface area contributed by atoms with Crippen molar-refractivity contribution in [2.75, 3.05) is 12.4 Å². The van der Waals surface area contributed by atoms with Crippen LogP contribution in [0.5, 0.6) is 0 Å². The number of rotatable bonds is 2. The molecule has 0 saturated heterocycles. The van der Waals surface area contributed by atoms with E-state index in [1.165, 1.54) is 13.4 Å². The number of fused-ring (bicyclic) bond motifs is 1. The van der Waals surface area contributed by atoms with Crippen molar-refractivity contribution in [3.05, 3.63) is 52.4 Å². The predicted molar refractivity (Wildman–Crippen MR) is 78.0 cm³/mol. The number of halogens is 1. The van der Waals surface area contributed by atoms with E-state index in [0.29, 0.717) is 27.4 Å². The summed E-state index contributed by atoms with van der Waals surface area (Å²) in [7, 11) is 1.26. The minimum atomic E-state index is -0.600. The molecular formula is C15H10ClNO4. The summed E-state index contributed by atoms with van der Waals surface area (Å²) >= 11 is 5.96. The molecule has 106 valence electrons. The van der Waals surface area contributed by atoms with Gasteiger partial charge in [0.1, 0.15) is 0 Å². The van der Waals surface area contributed by atoms with Crippen LogP contribution >= 0.6 is 11.6 Å². The third kappa shape index (κ3) is 2.32. The Morgan fingerprint density at radius 3 is 2.95 bits per heavy atom. The second-order valence-electron chi connectivity index (χ2n) is 4.40. The molecule has 1 amide bonds. The highest BCUT2D eigenvalue weighted by Crippen LogP contribution is 2.35. The van der Waals surface area contributed by atoms with Gasteiger partial charge in [-0.05, 0) is 30.3 Å². The van der Waals surface area contributed by atoms with E-state index in [-0.39, 0.29) is 11.7 Å². The molecule has 0 radical (unpaired) electrons. The number of hydrogen-bond acceptors (Lipinski definition) is 4.